The van der Waals surface area contributed by atoms with Crippen LogP contribution in [0.25, 0.3) is 0 Å². The molecule has 2 aromatic carbocycles. The molecule has 9 heteroatoms. The number of rotatable bonds is 5. The van der Waals surface area contributed by atoms with Crippen LogP contribution in [0.2, 0.25) is 0 Å². The smallest absolute Gasteiger partial charge is 0.339 e. The number of nitrogens with zero attached hydrogens (tertiary/aromatic N) is 2. The van der Waals surface area contributed by atoms with Gasteiger partial charge in [0.05, 0.1) is 18.4 Å². The van der Waals surface area contributed by atoms with E-state index in [-0.39, 0.29) is 22.8 Å². The minimum absolute atomic E-state index is 0.0189. The number of para-hydroxylation sites is 2. The topological polar surface area (TPSA) is 93.2 Å². The summed E-state index contributed by atoms with van der Waals surface area (Å²) in [6.45, 7) is 0. The van der Waals surface area contributed by atoms with Crippen molar-refractivity contribution in [2.75, 3.05) is 17.7 Å². The molecule has 0 aliphatic rings. The summed E-state index contributed by atoms with van der Waals surface area (Å²) in [4.78, 5) is 32.0. The van der Waals surface area contributed by atoms with E-state index < -0.39 is 29.2 Å². The minimum atomic E-state index is -0.809. The quantitative estimate of drug-likeness (QED) is 0.654. The molecule has 0 spiro atoms. The van der Waals surface area contributed by atoms with Gasteiger partial charge in [0, 0.05) is 6.07 Å². The van der Waals surface area contributed by atoms with Crippen molar-refractivity contribution < 1.29 is 23.1 Å². The first-order valence-corrected chi connectivity index (χ1v) is 8.01. The zero-order chi connectivity index (χ0) is 20.1. The summed E-state index contributed by atoms with van der Waals surface area (Å²) in [5.74, 6) is -2.86. The third-order valence-electron chi connectivity index (χ3n) is 3.70. The molecule has 142 valence electrons. The van der Waals surface area contributed by atoms with Crippen molar-refractivity contribution >= 4 is 29.1 Å². The van der Waals surface area contributed by atoms with E-state index in [9.17, 15) is 18.4 Å². The highest BCUT2D eigenvalue weighted by Gasteiger charge is 2.16. The number of aromatic nitrogens is 2. The van der Waals surface area contributed by atoms with E-state index in [4.69, 9.17) is 0 Å². The van der Waals surface area contributed by atoms with Crippen LogP contribution in [0.15, 0.2) is 54.9 Å². The summed E-state index contributed by atoms with van der Waals surface area (Å²) in [5, 5.41) is 5.03. The summed E-state index contributed by atoms with van der Waals surface area (Å²) < 4.78 is 32.2. The van der Waals surface area contributed by atoms with Gasteiger partial charge in [-0.15, -0.1) is 0 Å². The second kappa shape index (κ2) is 8.21. The summed E-state index contributed by atoms with van der Waals surface area (Å²) in [5.41, 5.74) is -0.0793. The van der Waals surface area contributed by atoms with Crippen LogP contribution >= 0.6 is 0 Å². The number of methoxy groups -OCH3 is 1. The van der Waals surface area contributed by atoms with Crippen molar-refractivity contribution in [1.82, 2.24) is 9.97 Å². The second-order valence-corrected chi connectivity index (χ2v) is 5.50. The molecule has 2 N–H and O–H groups in total. The van der Waals surface area contributed by atoms with Crippen molar-refractivity contribution in [3.63, 3.8) is 0 Å². The van der Waals surface area contributed by atoms with Gasteiger partial charge in [0.1, 0.15) is 35.2 Å². The molecule has 0 saturated carbocycles. The van der Waals surface area contributed by atoms with Gasteiger partial charge in [0.25, 0.3) is 5.91 Å². The van der Waals surface area contributed by atoms with Crippen molar-refractivity contribution in [3.8, 4) is 0 Å². The first-order valence-electron chi connectivity index (χ1n) is 8.01. The molecule has 0 fully saturated rings. The molecule has 28 heavy (non-hydrogen) atoms. The van der Waals surface area contributed by atoms with E-state index in [2.05, 4.69) is 25.3 Å². The van der Waals surface area contributed by atoms with E-state index in [1.807, 2.05) is 0 Å². The Morgan fingerprint density at radius 3 is 2.43 bits per heavy atom. The Kier molecular flexibility index (Phi) is 5.54. The van der Waals surface area contributed by atoms with E-state index >= 15 is 0 Å². The zero-order valence-corrected chi connectivity index (χ0v) is 14.6. The molecule has 1 amide bonds. The summed E-state index contributed by atoms with van der Waals surface area (Å²) >= 11 is 0. The molecule has 1 heterocycles. The Morgan fingerprint density at radius 1 is 1.00 bits per heavy atom. The maximum absolute atomic E-state index is 13.8. The normalized spacial score (nSPS) is 10.2. The van der Waals surface area contributed by atoms with Crippen LogP contribution in [-0.4, -0.2) is 29.0 Å². The predicted octanol–water partition coefficient (Wildman–Crippen LogP) is 3.54. The molecule has 0 aliphatic carbocycles. The Balaban J connectivity index is 1.83. The fourth-order valence-corrected chi connectivity index (χ4v) is 2.36. The zero-order valence-electron chi connectivity index (χ0n) is 14.6. The number of hydrogen-bond acceptors (Lipinski definition) is 6. The first-order chi connectivity index (χ1) is 13.5. The van der Waals surface area contributed by atoms with Gasteiger partial charge in [-0.3, -0.25) is 4.79 Å². The fourth-order valence-electron chi connectivity index (χ4n) is 2.36. The largest absolute Gasteiger partial charge is 0.465 e. The van der Waals surface area contributed by atoms with Gasteiger partial charge in [-0.2, -0.15) is 0 Å². The standard InChI is InChI=1S/C19H14F2N4O3/c1-28-19(27)11-5-2-3-8-14(11)24-18(26)15-9-16(23-10-22-15)25-17-12(20)6-4-7-13(17)21/h2-10H,1H3,(H,24,26)(H,22,23,25). The van der Waals surface area contributed by atoms with Crippen LogP contribution in [-0.2, 0) is 4.74 Å². The average molecular weight is 384 g/mol. The monoisotopic (exact) mass is 384 g/mol. The Hall–Kier alpha value is -3.88. The maximum atomic E-state index is 13.8. The Bertz CT molecular complexity index is 1020. The highest BCUT2D eigenvalue weighted by atomic mass is 19.1. The number of ether oxygens (including phenoxy) is 1. The molecule has 0 aliphatic heterocycles. The van der Waals surface area contributed by atoms with E-state index in [0.717, 1.165) is 18.5 Å². The highest BCUT2D eigenvalue weighted by molar-refractivity contribution is 6.07. The van der Waals surface area contributed by atoms with Gasteiger partial charge in [0.15, 0.2) is 0 Å². The molecule has 0 unspecified atom stereocenters. The Morgan fingerprint density at radius 2 is 1.71 bits per heavy atom. The van der Waals surface area contributed by atoms with Crippen LogP contribution in [0.3, 0.4) is 0 Å². The number of hydrogen-bond donors (Lipinski definition) is 2. The average Bonchev–Trinajstić information content (AvgIpc) is 2.71. The molecule has 0 saturated heterocycles. The van der Waals surface area contributed by atoms with Crippen molar-refractivity contribution in [3.05, 3.63) is 77.8 Å². The maximum Gasteiger partial charge on any atom is 0.339 e. The minimum Gasteiger partial charge on any atom is -0.465 e. The number of amides is 1. The predicted molar refractivity (Wildman–Crippen MR) is 97.4 cm³/mol. The molecule has 1 aromatic heterocycles. The van der Waals surface area contributed by atoms with E-state index in [0.29, 0.717) is 0 Å². The molecular weight excluding hydrogens is 370 g/mol. The lowest BCUT2D eigenvalue weighted by Gasteiger charge is -2.11. The number of carbonyl (C=O) groups excluding carboxylic acids is 2. The SMILES string of the molecule is COC(=O)c1ccccc1NC(=O)c1cc(Nc2c(F)cccc2F)ncn1. The van der Waals surface area contributed by atoms with Gasteiger partial charge in [0.2, 0.25) is 0 Å². The summed E-state index contributed by atoms with van der Waals surface area (Å²) in [6, 6.07) is 10.9. The lowest BCUT2D eigenvalue weighted by molar-refractivity contribution is 0.0602. The lowest BCUT2D eigenvalue weighted by Crippen LogP contribution is -2.17. The van der Waals surface area contributed by atoms with E-state index in [1.165, 1.54) is 31.4 Å². The van der Waals surface area contributed by atoms with Gasteiger partial charge < -0.3 is 15.4 Å². The highest BCUT2D eigenvalue weighted by Crippen LogP contribution is 2.22. The van der Waals surface area contributed by atoms with Crippen LogP contribution in [0.4, 0.5) is 26.0 Å². The third kappa shape index (κ3) is 4.09. The number of nitrogens with one attached hydrogen (secondary N) is 2. The number of anilines is 3. The lowest BCUT2D eigenvalue weighted by atomic mass is 10.1. The van der Waals surface area contributed by atoms with Crippen LogP contribution in [0, 0.1) is 11.6 Å². The van der Waals surface area contributed by atoms with Gasteiger partial charge >= 0.3 is 5.97 Å². The molecule has 7 nitrogen and oxygen atoms in total. The van der Waals surface area contributed by atoms with Gasteiger partial charge in [-0.25, -0.2) is 23.5 Å². The van der Waals surface area contributed by atoms with Crippen molar-refractivity contribution in [2.24, 2.45) is 0 Å². The van der Waals surface area contributed by atoms with Crippen molar-refractivity contribution in [1.29, 1.82) is 0 Å². The second-order valence-electron chi connectivity index (χ2n) is 5.50. The molecule has 3 aromatic rings. The van der Waals surface area contributed by atoms with Crippen LogP contribution in [0.1, 0.15) is 20.8 Å². The fraction of sp³-hybridized carbons (Fsp3) is 0.0526. The number of benzene rings is 2. The van der Waals surface area contributed by atoms with Gasteiger partial charge in [-0.05, 0) is 24.3 Å². The van der Waals surface area contributed by atoms with Gasteiger partial charge in [-0.1, -0.05) is 18.2 Å². The summed E-state index contributed by atoms with van der Waals surface area (Å²) in [7, 11) is 1.23. The molecule has 0 radical (unpaired) electrons. The van der Waals surface area contributed by atoms with Crippen LogP contribution < -0.4 is 10.6 Å². The number of halogens is 2. The molecule has 0 atom stereocenters. The number of esters is 1. The summed E-state index contributed by atoms with van der Waals surface area (Å²) in [6.07, 6.45) is 1.07. The molecule has 3 rings (SSSR count). The number of carbonyl (C=O) groups is 2. The molecular formula is C19H14F2N4O3. The van der Waals surface area contributed by atoms with Crippen molar-refractivity contribution in [2.45, 2.75) is 0 Å². The van der Waals surface area contributed by atoms with Crippen LogP contribution in [0.5, 0.6) is 0 Å². The van der Waals surface area contributed by atoms with E-state index in [1.54, 1.807) is 12.1 Å². The Labute approximate surface area is 158 Å². The third-order valence-corrected chi connectivity index (χ3v) is 3.70. The molecule has 0 bridgehead atoms. The first kappa shape index (κ1) is 18.9.